The van der Waals surface area contributed by atoms with Crippen molar-refractivity contribution in [3.8, 4) is 0 Å². The zero-order chi connectivity index (χ0) is 23.1. The maximum absolute atomic E-state index is 13.9. The van der Waals surface area contributed by atoms with Gasteiger partial charge in [-0.25, -0.2) is 0 Å². The molecule has 0 aliphatic carbocycles. The van der Waals surface area contributed by atoms with Gasteiger partial charge in [0.15, 0.2) is 0 Å². The number of rotatable bonds is 8. The Morgan fingerprint density at radius 2 is 1.06 bits per heavy atom. The first kappa shape index (κ1) is 22.5. The molecular weight excluding hydrogens is 408 g/mol. The minimum absolute atomic E-state index is 0.321. The number of hydrogen-bond donors (Lipinski definition) is 2. The first-order valence-corrected chi connectivity index (χ1v) is 11.1. The molecule has 4 aromatic carbocycles. The fraction of sp³-hybridized carbons (Fsp3) is 0.138. The minimum atomic E-state index is -1.04. The molecule has 4 heteroatoms. The van der Waals surface area contributed by atoms with Crippen molar-refractivity contribution in [2.24, 2.45) is 5.73 Å². The van der Waals surface area contributed by atoms with Crippen LogP contribution in [0.5, 0.6) is 0 Å². The highest BCUT2D eigenvalue weighted by atomic mass is 16.3. The van der Waals surface area contributed by atoms with Crippen molar-refractivity contribution in [3.05, 3.63) is 144 Å². The van der Waals surface area contributed by atoms with Crippen LogP contribution in [0.1, 0.15) is 22.3 Å². The van der Waals surface area contributed by atoms with Crippen molar-refractivity contribution in [2.75, 3.05) is 6.61 Å². The first-order chi connectivity index (χ1) is 16.2. The zero-order valence-electron chi connectivity index (χ0n) is 18.4. The first-order valence-electron chi connectivity index (χ1n) is 11.1. The number of carbonyl (C=O) groups is 1. The Labute approximate surface area is 194 Å². The molecule has 4 rings (SSSR count). The van der Waals surface area contributed by atoms with Crippen molar-refractivity contribution in [3.63, 3.8) is 0 Å². The van der Waals surface area contributed by atoms with Crippen LogP contribution in [0.15, 0.2) is 121 Å². The highest BCUT2D eigenvalue weighted by Gasteiger charge is 2.45. The second-order valence-corrected chi connectivity index (χ2v) is 8.01. The molecule has 0 aliphatic rings. The smallest absolute Gasteiger partial charge is 0.243 e. The zero-order valence-corrected chi connectivity index (χ0v) is 18.4. The lowest BCUT2D eigenvalue weighted by Crippen LogP contribution is -2.56. The molecule has 0 bridgehead atoms. The minimum Gasteiger partial charge on any atom is -0.394 e. The molecule has 0 saturated carbocycles. The average molecular weight is 437 g/mol. The Morgan fingerprint density at radius 3 is 1.42 bits per heavy atom. The molecule has 4 nitrogen and oxygen atoms in total. The number of aliphatic hydroxyl groups is 1. The fourth-order valence-corrected chi connectivity index (χ4v) is 4.41. The van der Waals surface area contributed by atoms with Gasteiger partial charge in [-0.1, -0.05) is 121 Å². The second-order valence-electron chi connectivity index (χ2n) is 8.01. The third-order valence-corrected chi connectivity index (χ3v) is 5.94. The van der Waals surface area contributed by atoms with Crippen LogP contribution >= 0.6 is 0 Å². The van der Waals surface area contributed by atoms with Crippen molar-refractivity contribution in [1.29, 1.82) is 0 Å². The van der Waals surface area contributed by atoms with Gasteiger partial charge in [0.1, 0.15) is 11.6 Å². The molecule has 4 aromatic rings. The lowest BCUT2D eigenvalue weighted by Gasteiger charge is -2.46. The van der Waals surface area contributed by atoms with Gasteiger partial charge in [-0.2, -0.15) is 0 Å². The SMILES string of the molecule is N[C@H](CO)C(=O)N(Cc1ccccc1)C(c1ccccc1)(c1ccccc1)c1ccccc1. The van der Waals surface area contributed by atoms with E-state index in [1.54, 1.807) is 0 Å². The maximum atomic E-state index is 13.9. The Balaban J connectivity index is 2.06. The van der Waals surface area contributed by atoms with Gasteiger partial charge in [-0.3, -0.25) is 4.79 Å². The van der Waals surface area contributed by atoms with Crippen molar-refractivity contribution in [1.82, 2.24) is 4.90 Å². The molecule has 1 atom stereocenters. The van der Waals surface area contributed by atoms with E-state index in [1.807, 2.05) is 126 Å². The molecule has 0 spiro atoms. The Kier molecular flexibility index (Phi) is 6.98. The molecule has 0 heterocycles. The topological polar surface area (TPSA) is 66.6 Å². The molecule has 0 aliphatic heterocycles. The van der Waals surface area contributed by atoms with Crippen LogP contribution in [0.3, 0.4) is 0 Å². The monoisotopic (exact) mass is 436 g/mol. The molecule has 166 valence electrons. The summed E-state index contributed by atoms with van der Waals surface area (Å²) in [6.45, 7) is -0.107. The summed E-state index contributed by atoms with van der Waals surface area (Å²) in [5.74, 6) is -0.321. The molecule has 33 heavy (non-hydrogen) atoms. The number of benzene rings is 4. The molecule has 0 unspecified atom stereocenters. The van der Waals surface area contributed by atoms with Crippen LogP contribution in [-0.4, -0.2) is 28.6 Å². The van der Waals surface area contributed by atoms with Crippen molar-refractivity contribution < 1.29 is 9.90 Å². The summed E-state index contributed by atoms with van der Waals surface area (Å²) in [5, 5.41) is 9.83. The summed E-state index contributed by atoms with van der Waals surface area (Å²) >= 11 is 0. The predicted molar refractivity (Wildman–Crippen MR) is 131 cm³/mol. The number of aliphatic hydroxyl groups excluding tert-OH is 1. The summed E-state index contributed by atoms with van der Waals surface area (Å²) in [6, 6.07) is 38.8. The number of amides is 1. The van der Waals surface area contributed by atoms with E-state index in [2.05, 4.69) is 0 Å². The maximum Gasteiger partial charge on any atom is 0.243 e. The lowest BCUT2D eigenvalue weighted by molar-refractivity contribution is -0.138. The Bertz CT molecular complexity index is 1050. The van der Waals surface area contributed by atoms with Crippen LogP contribution in [0.25, 0.3) is 0 Å². The van der Waals surface area contributed by atoms with E-state index in [0.29, 0.717) is 6.54 Å². The van der Waals surface area contributed by atoms with Gasteiger partial charge in [0, 0.05) is 6.54 Å². The van der Waals surface area contributed by atoms with Gasteiger partial charge in [-0.05, 0) is 22.3 Å². The highest BCUT2D eigenvalue weighted by Crippen LogP contribution is 2.43. The lowest BCUT2D eigenvalue weighted by atomic mass is 9.75. The predicted octanol–water partition coefficient (Wildman–Crippen LogP) is 4.33. The molecule has 0 aromatic heterocycles. The second kappa shape index (κ2) is 10.3. The molecule has 1 amide bonds. The number of nitrogens with two attached hydrogens (primary N) is 1. The van der Waals surface area contributed by atoms with Crippen LogP contribution < -0.4 is 5.73 Å². The van der Waals surface area contributed by atoms with Crippen LogP contribution in [0.4, 0.5) is 0 Å². The largest absolute Gasteiger partial charge is 0.394 e. The van der Waals surface area contributed by atoms with E-state index in [1.165, 1.54) is 0 Å². The summed E-state index contributed by atoms with van der Waals surface area (Å²) in [6.07, 6.45) is 0. The number of nitrogens with zero attached hydrogens (tertiary/aromatic N) is 1. The van der Waals surface area contributed by atoms with Crippen LogP contribution in [0.2, 0.25) is 0 Å². The van der Waals surface area contributed by atoms with Crippen molar-refractivity contribution >= 4 is 5.91 Å². The summed E-state index contributed by atoms with van der Waals surface area (Å²) < 4.78 is 0. The quantitative estimate of drug-likeness (QED) is 0.404. The van der Waals surface area contributed by atoms with E-state index in [4.69, 9.17) is 5.73 Å². The molecule has 0 saturated heterocycles. The molecular formula is C29H28N2O2. The van der Waals surface area contributed by atoms with E-state index in [-0.39, 0.29) is 5.91 Å². The summed E-state index contributed by atoms with van der Waals surface area (Å²) in [5.41, 5.74) is 9.01. The van der Waals surface area contributed by atoms with E-state index >= 15 is 0 Å². The highest BCUT2D eigenvalue weighted by molar-refractivity contribution is 5.84. The van der Waals surface area contributed by atoms with Gasteiger partial charge in [0.05, 0.1) is 6.61 Å². The van der Waals surface area contributed by atoms with Gasteiger partial charge in [0.2, 0.25) is 5.91 Å². The van der Waals surface area contributed by atoms with Crippen molar-refractivity contribution in [2.45, 2.75) is 18.1 Å². The van der Waals surface area contributed by atoms with Crippen LogP contribution in [0, 0.1) is 0 Å². The molecule has 3 N–H and O–H groups in total. The number of carbonyl (C=O) groups excluding carboxylic acids is 1. The molecule has 0 radical (unpaired) electrons. The Morgan fingerprint density at radius 1 is 0.697 bits per heavy atom. The average Bonchev–Trinajstić information content (AvgIpc) is 2.90. The van der Waals surface area contributed by atoms with E-state index in [0.717, 1.165) is 22.3 Å². The van der Waals surface area contributed by atoms with Gasteiger partial charge < -0.3 is 15.7 Å². The van der Waals surface area contributed by atoms with E-state index < -0.39 is 18.2 Å². The van der Waals surface area contributed by atoms with Gasteiger partial charge >= 0.3 is 0 Å². The molecule has 0 fully saturated rings. The summed E-state index contributed by atoms with van der Waals surface area (Å²) in [4.78, 5) is 15.7. The van der Waals surface area contributed by atoms with Crippen LogP contribution in [-0.2, 0) is 16.9 Å². The third kappa shape index (κ3) is 4.44. The normalized spacial score (nSPS) is 12.2. The standard InChI is InChI=1S/C29H28N2O2/c30-27(22-32)28(33)31(21-23-13-5-1-6-14-23)29(24-15-7-2-8-16-24,25-17-9-3-10-18-25)26-19-11-4-12-20-26/h1-20,27,32H,21-22,30H2/t27-/m1/s1. The summed E-state index contributed by atoms with van der Waals surface area (Å²) in [7, 11) is 0. The fourth-order valence-electron chi connectivity index (χ4n) is 4.41. The number of hydrogen-bond acceptors (Lipinski definition) is 3. The Hall–Kier alpha value is -3.73. The van der Waals surface area contributed by atoms with Gasteiger partial charge in [0.25, 0.3) is 0 Å². The third-order valence-electron chi connectivity index (χ3n) is 5.94. The van der Waals surface area contributed by atoms with E-state index in [9.17, 15) is 9.90 Å². The van der Waals surface area contributed by atoms with Gasteiger partial charge in [-0.15, -0.1) is 0 Å².